The number of ether oxygens (including phenoxy) is 1. The van der Waals surface area contributed by atoms with Crippen LogP contribution >= 0.6 is 0 Å². The molecule has 4 N–H and O–H groups in total. The molecule has 0 saturated heterocycles. The average Bonchev–Trinajstić information content (AvgIpc) is 3.90. The fourth-order valence-corrected chi connectivity index (χ4v) is 5.40. The van der Waals surface area contributed by atoms with Crippen LogP contribution in [-0.2, 0) is 10.0 Å². The Morgan fingerprint density at radius 3 is 2.48 bits per heavy atom. The van der Waals surface area contributed by atoms with Crippen molar-refractivity contribution >= 4 is 27.6 Å². The summed E-state index contributed by atoms with van der Waals surface area (Å²) in [6.07, 6.45) is 2.08. The second-order valence-corrected chi connectivity index (χ2v) is 14.3. The number of carbonyl (C=O) groups is 1. The van der Waals surface area contributed by atoms with Gasteiger partial charge in [-0.15, -0.1) is 0 Å². The number of benzene rings is 1. The molecule has 2 aliphatic rings. The van der Waals surface area contributed by atoms with Crippen LogP contribution in [0.3, 0.4) is 0 Å². The third kappa shape index (κ3) is 9.51. The molecule has 1 aromatic heterocycles. The Balaban J connectivity index is 1.54. The maximum atomic E-state index is 13.7. The van der Waals surface area contributed by atoms with E-state index >= 15 is 0 Å². The van der Waals surface area contributed by atoms with Crippen molar-refractivity contribution in [3.63, 3.8) is 0 Å². The number of halogens is 2. The lowest BCUT2D eigenvalue weighted by atomic mass is 10.1. The lowest BCUT2D eigenvalue weighted by Crippen LogP contribution is -2.50. The summed E-state index contributed by atoms with van der Waals surface area (Å²) in [6, 6.07) is 4.56. The Hall–Kier alpha value is -3.47. The van der Waals surface area contributed by atoms with Gasteiger partial charge >= 0.3 is 0 Å². The van der Waals surface area contributed by atoms with Crippen LogP contribution in [-0.4, -0.2) is 75.1 Å². The number of sulfonamides is 1. The molecule has 0 bridgehead atoms. The highest BCUT2D eigenvalue weighted by atomic mass is 32.2. The minimum atomic E-state index is -3.75. The molecule has 2 aromatic rings. The van der Waals surface area contributed by atoms with E-state index in [2.05, 4.69) is 39.7 Å². The smallest absolute Gasteiger partial charge is 0.251 e. The van der Waals surface area contributed by atoms with E-state index in [1.165, 1.54) is 19.2 Å². The molecule has 0 aliphatic heterocycles. The van der Waals surface area contributed by atoms with Crippen molar-refractivity contribution in [1.29, 1.82) is 0 Å². The number of aromatic nitrogens is 1. The summed E-state index contributed by atoms with van der Waals surface area (Å²) in [6.45, 7) is 5.94. The van der Waals surface area contributed by atoms with Crippen molar-refractivity contribution < 1.29 is 31.8 Å². The van der Waals surface area contributed by atoms with Gasteiger partial charge in [0.15, 0.2) is 0 Å². The molecule has 0 radical (unpaired) electrons. The summed E-state index contributed by atoms with van der Waals surface area (Å²) >= 11 is 0. The quantitative estimate of drug-likeness (QED) is 0.174. The number of aliphatic hydroxyl groups is 1. The normalized spacial score (nSPS) is 19.0. The van der Waals surface area contributed by atoms with Crippen molar-refractivity contribution in [1.82, 2.24) is 15.6 Å². The van der Waals surface area contributed by atoms with Crippen molar-refractivity contribution in [2.75, 3.05) is 42.9 Å². The number of aliphatic hydroxyl groups excluding tert-OH is 1. The maximum Gasteiger partial charge on any atom is 0.251 e. The average molecular weight is 634 g/mol. The van der Waals surface area contributed by atoms with Gasteiger partial charge in [0, 0.05) is 49.8 Å². The molecule has 1 heterocycles. The Morgan fingerprint density at radius 1 is 1.18 bits per heavy atom. The second-order valence-electron chi connectivity index (χ2n) is 11.8. The number of hydrogen-bond donors (Lipinski definition) is 4. The molecule has 0 unspecified atom stereocenters. The fourth-order valence-electron chi connectivity index (χ4n) is 4.41. The number of amides is 1. The van der Waals surface area contributed by atoms with Crippen LogP contribution < -0.4 is 25.0 Å². The highest BCUT2D eigenvalue weighted by Gasteiger charge is 2.32. The molecule has 1 amide bonds. The van der Waals surface area contributed by atoms with Gasteiger partial charge in [0.1, 0.15) is 35.6 Å². The summed E-state index contributed by atoms with van der Waals surface area (Å²) in [5, 5.41) is 19.3. The summed E-state index contributed by atoms with van der Waals surface area (Å²) in [7, 11) is -2.37. The number of pyridine rings is 1. The van der Waals surface area contributed by atoms with Gasteiger partial charge in [-0.1, -0.05) is 18.8 Å². The summed E-state index contributed by atoms with van der Waals surface area (Å²) in [5.74, 6) is 5.57. The van der Waals surface area contributed by atoms with Crippen molar-refractivity contribution in [2.45, 2.75) is 57.4 Å². The Morgan fingerprint density at radius 2 is 1.86 bits per heavy atom. The summed E-state index contributed by atoms with van der Waals surface area (Å²) < 4.78 is 59.9. The van der Waals surface area contributed by atoms with Crippen molar-refractivity contribution in [2.24, 2.45) is 17.8 Å². The predicted octanol–water partition coefficient (Wildman–Crippen LogP) is 3.14. The van der Waals surface area contributed by atoms with E-state index in [0.29, 0.717) is 42.7 Å². The summed E-state index contributed by atoms with van der Waals surface area (Å²) in [4.78, 5) is 18.0. The molecule has 1 aromatic carbocycles. The third-order valence-corrected chi connectivity index (χ3v) is 9.83. The highest BCUT2D eigenvalue weighted by molar-refractivity contribution is 7.93. The zero-order chi connectivity index (χ0) is 32.0. The molecule has 44 heavy (non-hydrogen) atoms. The third-order valence-electron chi connectivity index (χ3n) is 7.69. The van der Waals surface area contributed by atoms with E-state index in [1.54, 1.807) is 13.8 Å². The Labute approximate surface area is 258 Å². The van der Waals surface area contributed by atoms with Crippen LogP contribution in [0.1, 0.15) is 50.4 Å². The molecular formula is C31H41F2N5O5S. The lowest BCUT2D eigenvalue weighted by Gasteiger charge is -2.25. The molecule has 10 nitrogen and oxygen atoms in total. The standard InChI is InChI=1S/C31H41F2N5O5S/c1-19(2)44(41,42)38(4)30-12-22(11-29(37-30)35-16-23-10-20(23)3)31(40)36-27(18-43-26-14-24(32)13-25(33)15-26)28(39)17-34-9-5-6-21-7-8-21/h11-15,19-21,23,27-28,34,39H,7-10,16-18H2,1-4H3,(H,35,37)(H,36,40)/t20-,23+,27-,28+/m0/s1. The van der Waals surface area contributed by atoms with Crippen LogP contribution in [0.4, 0.5) is 20.4 Å². The Bertz CT molecular complexity index is 1470. The number of anilines is 2. The monoisotopic (exact) mass is 633 g/mol. The van der Waals surface area contributed by atoms with Gasteiger partial charge in [0.05, 0.1) is 23.9 Å². The van der Waals surface area contributed by atoms with Gasteiger partial charge in [-0.25, -0.2) is 22.2 Å². The van der Waals surface area contributed by atoms with Gasteiger partial charge in [-0.05, 0) is 57.1 Å². The molecule has 2 aliphatic carbocycles. The molecular weight excluding hydrogens is 592 g/mol. The molecule has 0 spiro atoms. The predicted molar refractivity (Wildman–Crippen MR) is 165 cm³/mol. The van der Waals surface area contributed by atoms with E-state index < -0.39 is 45.0 Å². The first-order chi connectivity index (χ1) is 20.8. The van der Waals surface area contributed by atoms with E-state index in [4.69, 9.17) is 4.74 Å². The van der Waals surface area contributed by atoms with Crippen LogP contribution in [0.25, 0.3) is 0 Å². The largest absolute Gasteiger partial charge is 0.491 e. The number of hydrogen-bond acceptors (Lipinski definition) is 8. The van der Waals surface area contributed by atoms with Gasteiger partial charge in [-0.3, -0.25) is 9.10 Å². The van der Waals surface area contributed by atoms with Gasteiger partial charge in [-0.2, -0.15) is 0 Å². The minimum absolute atomic E-state index is 0.0501. The van der Waals surface area contributed by atoms with Crippen LogP contribution in [0, 0.1) is 41.2 Å². The SMILES string of the molecule is CC(C)S(=O)(=O)N(C)c1cc(C(=O)N[C@@H](COc2cc(F)cc(F)c2)[C@H](O)CNCC#CC2CC2)cc(NC[C@H]2C[C@@H]2C)n1. The molecule has 2 fully saturated rings. The molecule has 240 valence electrons. The molecule has 13 heteroatoms. The van der Waals surface area contributed by atoms with Gasteiger partial charge in [0.25, 0.3) is 5.91 Å². The zero-order valence-corrected chi connectivity index (χ0v) is 26.3. The number of rotatable bonds is 15. The molecule has 4 rings (SSSR count). The van der Waals surface area contributed by atoms with Crippen LogP contribution in [0.5, 0.6) is 5.75 Å². The number of carbonyl (C=O) groups excluding carboxylic acids is 1. The Kier molecular flexibility index (Phi) is 11.0. The van der Waals surface area contributed by atoms with Crippen molar-refractivity contribution in [3.8, 4) is 17.6 Å². The minimum Gasteiger partial charge on any atom is -0.491 e. The topological polar surface area (TPSA) is 133 Å². The fraction of sp³-hybridized carbons (Fsp3) is 0.548. The molecule has 4 atom stereocenters. The number of nitrogens with one attached hydrogen (secondary N) is 3. The first-order valence-electron chi connectivity index (χ1n) is 14.8. The molecule has 2 saturated carbocycles. The first-order valence-corrected chi connectivity index (χ1v) is 16.3. The van der Waals surface area contributed by atoms with E-state index in [0.717, 1.165) is 35.7 Å². The number of nitrogens with zero attached hydrogens (tertiary/aromatic N) is 2. The summed E-state index contributed by atoms with van der Waals surface area (Å²) in [5.41, 5.74) is 0.101. The highest BCUT2D eigenvalue weighted by Crippen LogP contribution is 2.37. The van der Waals surface area contributed by atoms with Gasteiger partial charge < -0.3 is 25.8 Å². The van der Waals surface area contributed by atoms with E-state index in [9.17, 15) is 27.1 Å². The maximum absolute atomic E-state index is 13.7. The van der Waals surface area contributed by atoms with Gasteiger partial charge in [0.2, 0.25) is 10.0 Å². The van der Waals surface area contributed by atoms with Crippen LogP contribution in [0.15, 0.2) is 30.3 Å². The zero-order valence-electron chi connectivity index (χ0n) is 25.4. The first kappa shape index (κ1) is 33.4. The van der Waals surface area contributed by atoms with E-state index in [-0.39, 0.29) is 30.3 Å². The van der Waals surface area contributed by atoms with E-state index in [1.807, 2.05) is 0 Å². The van der Waals surface area contributed by atoms with Crippen LogP contribution in [0.2, 0.25) is 0 Å². The lowest BCUT2D eigenvalue weighted by molar-refractivity contribution is 0.0737. The van der Waals surface area contributed by atoms with Crippen molar-refractivity contribution in [3.05, 3.63) is 47.5 Å². The second kappa shape index (κ2) is 14.5.